The normalized spacial score (nSPS) is 16.8. The van der Waals surface area contributed by atoms with Gasteiger partial charge in [-0.1, -0.05) is 17.7 Å². The molecular weight excluding hydrogens is 224 g/mol. The Morgan fingerprint density at radius 2 is 2.00 bits per heavy atom. The van der Waals surface area contributed by atoms with Gasteiger partial charge < -0.3 is 10.1 Å². The van der Waals surface area contributed by atoms with Gasteiger partial charge in [-0.25, -0.2) is 0 Å². The molecule has 1 N–H and O–H groups in total. The third-order valence-corrected chi connectivity index (χ3v) is 3.45. The van der Waals surface area contributed by atoms with Gasteiger partial charge in [-0.2, -0.15) is 0 Å². The van der Waals surface area contributed by atoms with Crippen molar-refractivity contribution >= 4 is 5.69 Å². The molecule has 0 amide bonds. The van der Waals surface area contributed by atoms with Crippen LogP contribution in [0, 0.1) is 13.8 Å². The fourth-order valence-corrected chi connectivity index (χ4v) is 2.36. The van der Waals surface area contributed by atoms with Crippen LogP contribution >= 0.6 is 0 Å². The summed E-state index contributed by atoms with van der Waals surface area (Å²) in [5, 5.41) is 3.52. The van der Waals surface area contributed by atoms with E-state index in [-0.39, 0.29) is 0 Å². The van der Waals surface area contributed by atoms with E-state index in [0.29, 0.717) is 0 Å². The highest BCUT2D eigenvalue weighted by Gasteiger charge is 2.09. The highest BCUT2D eigenvalue weighted by atomic mass is 16.5. The first-order valence-electron chi connectivity index (χ1n) is 6.87. The van der Waals surface area contributed by atoms with Crippen LogP contribution in [0.3, 0.4) is 0 Å². The molecule has 0 aliphatic carbocycles. The lowest BCUT2D eigenvalue weighted by molar-refractivity contribution is 0.0378. The zero-order chi connectivity index (χ0) is 12.8. The van der Waals surface area contributed by atoms with Gasteiger partial charge in [0.05, 0.1) is 13.2 Å². The Bertz CT molecular complexity index is 373. The lowest BCUT2D eigenvalue weighted by Gasteiger charge is -2.26. The Hall–Kier alpha value is -1.06. The molecule has 18 heavy (non-hydrogen) atoms. The van der Waals surface area contributed by atoms with E-state index in [2.05, 4.69) is 42.3 Å². The van der Waals surface area contributed by atoms with E-state index in [1.165, 1.54) is 29.8 Å². The molecule has 3 nitrogen and oxygen atoms in total. The quantitative estimate of drug-likeness (QED) is 0.810. The molecule has 0 spiro atoms. The molecule has 0 saturated carbocycles. The summed E-state index contributed by atoms with van der Waals surface area (Å²) in [7, 11) is 0. The fourth-order valence-electron chi connectivity index (χ4n) is 2.36. The molecule has 0 unspecified atom stereocenters. The highest BCUT2D eigenvalue weighted by molar-refractivity contribution is 5.51. The van der Waals surface area contributed by atoms with Crippen LogP contribution in [0.1, 0.15) is 17.5 Å². The maximum atomic E-state index is 5.34. The maximum Gasteiger partial charge on any atom is 0.0594 e. The second kappa shape index (κ2) is 6.76. The zero-order valence-electron chi connectivity index (χ0n) is 11.5. The van der Waals surface area contributed by atoms with Crippen molar-refractivity contribution in [2.45, 2.75) is 20.3 Å². The summed E-state index contributed by atoms with van der Waals surface area (Å²) in [6.45, 7) is 10.5. The minimum Gasteiger partial charge on any atom is -0.385 e. The number of hydrogen-bond donors (Lipinski definition) is 1. The molecule has 0 aromatic heterocycles. The lowest BCUT2D eigenvalue weighted by Crippen LogP contribution is -2.37. The molecule has 1 saturated heterocycles. The van der Waals surface area contributed by atoms with Gasteiger partial charge in [-0.3, -0.25) is 4.90 Å². The highest BCUT2D eigenvalue weighted by Crippen LogP contribution is 2.15. The summed E-state index contributed by atoms with van der Waals surface area (Å²) in [6, 6.07) is 6.57. The van der Waals surface area contributed by atoms with E-state index in [9.17, 15) is 0 Å². The Kier molecular flexibility index (Phi) is 5.02. The summed E-state index contributed by atoms with van der Waals surface area (Å²) in [6.07, 6.45) is 1.19. The second-order valence-corrected chi connectivity index (χ2v) is 5.05. The van der Waals surface area contributed by atoms with E-state index in [1.807, 2.05) is 0 Å². The SMILES string of the molecule is Cc1ccc(NCCCN2CCOCC2)c(C)c1. The van der Waals surface area contributed by atoms with E-state index >= 15 is 0 Å². The smallest absolute Gasteiger partial charge is 0.0594 e. The van der Waals surface area contributed by atoms with Crippen molar-refractivity contribution in [1.82, 2.24) is 4.90 Å². The number of rotatable bonds is 5. The summed E-state index contributed by atoms with van der Waals surface area (Å²) >= 11 is 0. The number of anilines is 1. The van der Waals surface area contributed by atoms with Crippen molar-refractivity contribution in [3.63, 3.8) is 0 Å². The number of nitrogens with zero attached hydrogens (tertiary/aromatic N) is 1. The van der Waals surface area contributed by atoms with Crippen molar-refractivity contribution in [3.05, 3.63) is 29.3 Å². The first-order chi connectivity index (χ1) is 8.75. The second-order valence-electron chi connectivity index (χ2n) is 5.05. The minimum absolute atomic E-state index is 0.893. The Balaban J connectivity index is 1.68. The van der Waals surface area contributed by atoms with Crippen LogP contribution in [-0.4, -0.2) is 44.3 Å². The molecule has 1 aromatic rings. The predicted molar refractivity (Wildman–Crippen MR) is 76.3 cm³/mol. The van der Waals surface area contributed by atoms with Crippen LogP contribution < -0.4 is 5.32 Å². The van der Waals surface area contributed by atoms with Crippen LogP contribution in [0.4, 0.5) is 5.69 Å². The van der Waals surface area contributed by atoms with Crippen LogP contribution in [-0.2, 0) is 4.74 Å². The maximum absolute atomic E-state index is 5.34. The van der Waals surface area contributed by atoms with Gasteiger partial charge in [-0.05, 0) is 38.4 Å². The molecule has 0 atom stereocenters. The first kappa shape index (κ1) is 13.4. The number of morpholine rings is 1. The van der Waals surface area contributed by atoms with Crippen molar-refractivity contribution in [1.29, 1.82) is 0 Å². The number of hydrogen-bond acceptors (Lipinski definition) is 3. The molecule has 1 aliphatic rings. The van der Waals surface area contributed by atoms with Crippen molar-refractivity contribution in [3.8, 4) is 0 Å². The Morgan fingerprint density at radius 3 is 2.72 bits per heavy atom. The molecule has 1 aliphatic heterocycles. The van der Waals surface area contributed by atoms with Gasteiger partial charge >= 0.3 is 0 Å². The van der Waals surface area contributed by atoms with Crippen LogP contribution in [0.25, 0.3) is 0 Å². The Labute approximate surface area is 110 Å². The van der Waals surface area contributed by atoms with E-state index < -0.39 is 0 Å². The molecule has 100 valence electrons. The van der Waals surface area contributed by atoms with Crippen LogP contribution in [0.5, 0.6) is 0 Å². The largest absolute Gasteiger partial charge is 0.385 e. The lowest BCUT2D eigenvalue weighted by atomic mass is 10.1. The van der Waals surface area contributed by atoms with Gasteiger partial charge in [0.15, 0.2) is 0 Å². The zero-order valence-corrected chi connectivity index (χ0v) is 11.5. The van der Waals surface area contributed by atoms with E-state index in [0.717, 1.165) is 32.8 Å². The molecule has 1 fully saturated rings. The van der Waals surface area contributed by atoms with Gasteiger partial charge in [0.25, 0.3) is 0 Å². The predicted octanol–water partition coefficient (Wildman–Crippen LogP) is 2.44. The summed E-state index contributed by atoms with van der Waals surface area (Å²) in [4.78, 5) is 2.48. The molecule has 2 rings (SSSR count). The number of aryl methyl sites for hydroxylation is 2. The van der Waals surface area contributed by atoms with Crippen LogP contribution in [0.2, 0.25) is 0 Å². The van der Waals surface area contributed by atoms with E-state index in [4.69, 9.17) is 4.74 Å². The monoisotopic (exact) mass is 248 g/mol. The number of ether oxygens (including phenoxy) is 1. The average molecular weight is 248 g/mol. The first-order valence-corrected chi connectivity index (χ1v) is 6.87. The minimum atomic E-state index is 0.893. The van der Waals surface area contributed by atoms with Crippen molar-refractivity contribution in [2.24, 2.45) is 0 Å². The van der Waals surface area contributed by atoms with Crippen molar-refractivity contribution in [2.75, 3.05) is 44.7 Å². The molecule has 0 bridgehead atoms. The topological polar surface area (TPSA) is 24.5 Å². The van der Waals surface area contributed by atoms with Crippen molar-refractivity contribution < 1.29 is 4.74 Å². The van der Waals surface area contributed by atoms with Gasteiger partial charge in [-0.15, -0.1) is 0 Å². The average Bonchev–Trinajstić information content (AvgIpc) is 2.38. The Morgan fingerprint density at radius 1 is 1.22 bits per heavy atom. The van der Waals surface area contributed by atoms with Crippen LogP contribution in [0.15, 0.2) is 18.2 Å². The fraction of sp³-hybridized carbons (Fsp3) is 0.600. The van der Waals surface area contributed by atoms with Gasteiger partial charge in [0.2, 0.25) is 0 Å². The summed E-state index contributed by atoms with van der Waals surface area (Å²) < 4.78 is 5.34. The van der Waals surface area contributed by atoms with Gasteiger partial charge in [0, 0.05) is 25.3 Å². The molecule has 0 radical (unpaired) electrons. The third kappa shape index (κ3) is 4.00. The van der Waals surface area contributed by atoms with E-state index in [1.54, 1.807) is 0 Å². The number of nitrogens with one attached hydrogen (secondary N) is 1. The molecular formula is C15H24N2O. The number of benzene rings is 1. The van der Waals surface area contributed by atoms with Gasteiger partial charge in [0.1, 0.15) is 0 Å². The third-order valence-electron chi connectivity index (χ3n) is 3.45. The standard InChI is InChI=1S/C15H24N2O/c1-13-4-5-15(14(2)12-13)16-6-3-7-17-8-10-18-11-9-17/h4-5,12,16H,3,6-11H2,1-2H3. The molecule has 1 heterocycles. The molecule has 3 heteroatoms. The summed E-state index contributed by atoms with van der Waals surface area (Å²) in [5.41, 5.74) is 3.93. The summed E-state index contributed by atoms with van der Waals surface area (Å²) in [5.74, 6) is 0. The molecule has 1 aromatic carbocycles.